The number of methoxy groups -OCH3 is 1. The van der Waals surface area contributed by atoms with Crippen LogP contribution in [-0.2, 0) is 13.1 Å². The molecule has 1 aromatic heterocycles. The molecule has 3 aromatic rings. The molecular formula is C22H21F3N2O3. The van der Waals surface area contributed by atoms with E-state index in [1.807, 2.05) is 0 Å². The first-order valence-electron chi connectivity index (χ1n) is 9.18. The number of halogens is 3. The van der Waals surface area contributed by atoms with E-state index in [1.165, 1.54) is 11.2 Å². The van der Waals surface area contributed by atoms with Crippen LogP contribution in [-0.4, -0.2) is 30.6 Å². The number of furan rings is 1. The molecule has 2 aromatic carbocycles. The zero-order valence-electron chi connectivity index (χ0n) is 16.3. The standard InChI is InChI=1S/C22H21F3N2O3/c1-29-19-10-8-18(9-11-19)26-21(28)17-6-4-16(5-7-17)13-27(15-22(23,24)25)14-20-3-2-12-30-20/h2-12H,13-15H2,1H3,(H,26,28). The molecule has 0 aliphatic heterocycles. The summed E-state index contributed by atoms with van der Waals surface area (Å²) in [6.45, 7) is -0.958. The Morgan fingerprint density at radius 1 is 1.03 bits per heavy atom. The van der Waals surface area contributed by atoms with Gasteiger partial charge in [-0.2, -0.15) is 13.2 Å². The summed E-state index contributed by atoms with van der Waals surface area (Å²) < 4.78 is 49.0. The summed E-state index contributed by atoms with van der Waals surface area (Å²) in [6.07, 6.45) is -2.90. The van der Waals surface area contributed by atoms with Gasteiger partial charge in [-0.25, -0.2) is 0 Å². The van der Waals surface area contributed by atoms with Crippen molar-refractivity contribution in [2.24, 2.45) is 0 Å². The van der Waals surface area contributed by atoms with Crippen LogP contribution < -0.4 is 10.1 Å². The van der Waals surface area contributed by atoms with E-state index in [4.69, 9.17) is 9.15 Å². The van der Waals surface area contributed by atoms with Crippen molar-refractivity contribution < 1.29 is 27.1 Å². The van der Waals surface area contributed by atoms with Gasteiger partial charge in [-0.05, 0) is 54.1 Å². The molecule has 30 heavy (non-hydrogen) atoms. The number of alkyl halides is 3. The Kier molecular flexibility index (Phi) is 6.79. The molecule has 0 fully saturated rings. The number of anilines is 1. The largest absolute Gasteiger partial charge is 0.497 e. The molecule has 0 saturated carbocycles. The summed E-state index contributed by atoms with van der Waals surface area (Å²) in [5, 5.41) is 2.76. The summed E-state index contributed by atoms with van der Waals surface area (Å²) in [7, 11) is 1.56. The van der Waals surface area contributed by atoms with E-state index in [1.54, 1.807) is 67.8 Å². The lowest BCUT2D eigenvalue weighted by Gasteiger charge is -2.22. The Balaban J connectivity index is 1.64. The molecule has 0 aliphatic rings. The highest BCUT2D eigenvalue weighted by Crippen LogP contribution is 2.21. The highest BCUT2D eigenvalue weighted by molar-refractivity contribution is 6.04. The summed E-state index contributed by atoms with van der Waals surface area (Å²) in [4.78, 5) is 13.6. The quantitative estimate of drug-likeness (QED) is 0.553. The number of carbonyl (C=O) groups excluding carboxylic acids is 1. The lowest BCUT2D eigenvalue weighted by molar-refractivity contribution is -0.148. The number of carbonyl (C=O) groups is 1. The first-order chi connectivity index (χ1) is 14.3. The second kappa shape index (κ2) is 9.49. The van der Waals surface area contributed by atoms with E-state index in [0.29, 0.717) is 28.3 Å². The van der Waals surface area contributed by atoms with Gasteiger partial charge in [-0.15, -0.1) is 0 Å². The van der Waals surface area contributed by atoms with Gasteiger partial charge in [0.15, 0.2) is 0 Å². The Bertz CT molecular complexity index is 937. The van der Waals surface area contributed by atoms with Gasteiger partial charge in [0.2, 0.25) is 0 Å². The fourth-order valence-corrected chi connectivity index (χ4v) is 2.94. The van der Waals surface area contributed by atoms with Crippen molar-refractivity contribution in [3.63, 3.8) is 0 Å². The van der Waals surface area contributed by atoms with Crippen LogP contribution in [0.1, 0.15) is 21.7 Å². The Labute approximate surface area is 172 Å². The molecule has 0 spiro atoms. The molecule has 158 valence electrons. The molecule has 0 radical (unpaired) electrons. The lowest BCUT2D eigenvalue weighted by atomic mass is 10.1. The first kappa shape index (κ1) is 21.4. The van der Waals surface area contributed by atoms with Crippen LogP contribution in [0.3, 0.4) is 0 Å². The minimum absolute atomic E-state index is 0.0339. The number of nitrogens with one attached hydrogen (secondary N) is 1. The number of amides is 1. The van der Waals surface area contributed by atoms with Gasteiger partial charge < -0.3 is 14.5 Å². The zero-order chi connectivity index (χ0) is 21.6. The fourth-order valence-electron chi connectivity index (χ4n) is 2.94. The number of ether oxygens (including phenoxy) is 1. The maximum absolute atomic E-state index is 12.9. The van der Waals surface area contributed by atoms with Crippen molar-refractivity contribution in [3.8, 4) is 5.75 Å². The Morgan fingerprint density at radius 3 is 2.30 bits per heavy atom. The van der Waals surface area contributed by atoms with Crippen LogP contribution in [0.25, 0.3) is 0 Å². The molecule has 0 aliphatic carbocycles. The van der Waals surface area contributed by atoms with Crippen molar-refractivity contribution in [1.29, 1.82) is 0 Å². The molecule has 1 amide bonds. The number of hydrogen-bond acceptors (Lipinski definition) is 4. The highest BCUT2D eigenvalue weighted by Gasteiger charge is 2.31. The number of rotatable bonds is 8. The van der Waals surface area contributed by atoms with Crippen molar-refractivity contribution in [1.82, 2.24) is 4.90 Å². The molecule has 5 nitrogen and oxygen atoms in total. The second-order valence-corrected chi connectivity index (χ2v) is 6.72. The van der Waals surface area contributed by atoms with Gasteiger partial charge in [0, 0.05) is 17.8 Å². The third-order valence-electron chi connectivity index (χ3n) is 4.33. The Hall–Kier alpha value is -3.26. The van der Waals surface area contributed by atoms with Gasteiger partial charge >= 0.3 is 6.18 Å². The number of benzene rings is 2. The van der Waals surface area contributed by atoms with Gasteiger partial charge in [0.1, 0.15) is 11.5 Å². The summed E-state index contributed by atoms with van der Waals surface area (Å²) >= 11 is 0. The maximum Gasteiger partial charge on any atom is 0.401 e. The second-order valence-electron chi connectivity index (χ2n) is 6.72. The molecule has 0 atom stereocenters. The van der Waals surface area contributed by atoms with Crippen molar-refractivity contribution in [2.75, 3.05) is 19.0 Å². The van der Waals surface area contributed by atoms with Crippen LogP contribution in [0, 0.1) is 0 Å². The molecule has 3 rings (SSSR count). The predicted molar refractivity (Wildman–Crippen MR) is 106 cm³/mol. The van der Waals surface area contributed by atoms with Gasteiger partial charge in [0.25, 0.3) is 5.91 Å². The van der Waals surface area contributed by atoms with E-state index >= 15 is 0 Å². The monoisotopic (exact) mass is 418 g/mol. The fraction of sp³-hybridized carbons (Fsp3) is 0.227. The summed E-state index contributed by atoms with van der Waals surface area (Å²) in [6, 6.07) is 16.6. The summed E-state index contributed by atoms with van der Waals surface area (Å²) in [5.74, 6) is 0.819. The maximum atomic E-state index is 12.9. The van der Waals surface area contributed by atoms with Crippen molar-refractivity contribution in [2.45, 2.75) is 19.3 Å². The van der Waals surface area contributed by atoms with Crippen LogP contribution in [0.5, 0.6) is 5.75 Å². The van der Waals surface area contributed by atoms with Crippen molar-refractivity contribution in [3.05, 3.63) is 83.8 Å². The average molecular weight is 418 g/mol. The smallest absolute Gasteiger partial charge is 0.401 e. The molecular weight excluding hydrogens is 397 g/mol. The third-order valence-corrected chi connectivity index (χ3v) is 4.33. The van der Waals surface area contributed by atoms with Crippen molar-refractivity contribution >= 4 is 11.6 Å². The SMILES string of the molecule is COc1ccc(NC(=O)c2ccc(CN(Cc3ccco3)CC(F)(F)F)cc2)cc1. The Morgan fingerprint density at radius 2 is 1.73 bits per heavy atom. The summed E-state index contributed by atoms with van der Waals surface area (Å²) in [5.41, 5.74) is 1.68. The average Bonchev–Trinajstić information content (AvgIpc) is 3.21. The van der Waals surface area contributed by atoms with Crippen LogP contribution in [0.4, 0.5) is 18.9 Å². The normalized spacial score (nSPS) is 11.5. The predicted octanol–water partition coefficient (Wildman–Crippen LogP) is 5.11. The highest BCUT2D eigenvalue weighted by atomic mass is 19.4. The molecule has 1 heterocycles. The lowest BCUT2D eigenvalue weighted by Crippen LogP contribution is -2.33. The number of hydrogen-bond donors (Lipinski definition) is 1. The van der Waals surface area contributed by atoms with E-state index in [9.17, 15) is 18.0 Å². The van der Waals surface area contributed by atoms with E-state index in [-0.39, 0.29) is 19.0 Å². The van der Waals surface area contributed by atoms with Gasteiger partial charge in [0.05, 0.1) is 26.5 Å². The van der Waals surface area contributed by atoms with E-state index in [0.717, 1.165) is 0 Å². The van der Waals surface area contributed by atoms with Crippen LogP contribution in [0.2, 0.25) is 0 Å². The minimum atomic E-state index is -4.33. The molecule has 0 unspecified atom stereocenters. The van der Waals surface area contributed by atoms with Gasteiger partial charge in [-0.1, -0.05) is 12.1 Å². The van der Waals surface area contributed by atoms with Crippen LogP contribution >= 0.6 is 0 Å². The zero-order valence-corrected chi connectivity index (χ0v) is 16.3. The molecule has 8 heteroatoms. The molecule has 0 saturated heterocycles. The van der Waals surface area contributed by atoms with E-state index < -0.39 is 12.7 Å². The number of nitrogens with zero attached hydrogens (tertiary/aromatic N) is 1. The first-order valence-corrected chi connectivity index (χ1v) is 9.18. The topological polar surface area (TPSA) is 54.7 Å². The molecule has 0 bridgehead atoms. The van der Waals surface area contributed by atoms with Crippen LogP contribution in [0.15, 0.2) is 71.3 Å². The molecule has 1 N–H and O–H groups in total. The third kappa shape index (κ3) is 6.38. The minimum Gasteiger partial charge on any atom is -0.497 e. The van der Waals surface area contributed by atoms with Gasteiger partial charge in [-0.3, -0.25) is 9.69 Å². The van der Waals surface area contributed by atoms with E-state index in [2.05, 4.69) is 5.32 Å².